The molecule has 0 aromatic heterocycles. The Bertz CT molecular complexity index is 619. The number of sulfonamides is 1. The molecule has 0 aliphatic carbocycles. The Labute approximate surface area is 128 Å². The van der Waals surface area contributed by atoms with Crippen LogP contribution in [0.25, 0.3) is 0 Å². The predicted octanol–water partition coefficient (Wildman–Crippen LogP) is 2.40. The number of halogens is 2. The highest BCUT2D eigenvalue weighted by Gasteiger charge is 2.25. The summed E-state index contributed by atoms with van der Waals surface area (Å²) in [5.41, 5.74) is 0.193. The number of carboxylic acid groups (broad SMARTS) is 1. The number of benzene rings is 1. The van der Waals surface area contributed by atoms with Crippen molar-refractivity contribution in [2.24, 2.45) is 5.92 Å². The van der Waals surface area contributed by atoms with Crippen LogP contribution < -0.4 is 4.72 Å². The SMILES string of the molecule is CC(C)CC(NS(=O)(=O)Cc1ccc(Cl)c(F)c1)C(=O)O. The van der Waals surface area contributed by atoms with Crippen LogP contribution in [0.4, 0.5) is 4.39 Å². The second kappa shape index (κ2) is 7.20. The number of carboxylic acids is 1. The zero-order valence-corrected chi connectivity index (χ0v) is 13.2. The summed E-state index contributed by atoms with van der Waals surface area (Å²) >= 11 is 5.52. The first-order valence-corrected chi connectivity index (χ1v) is 8.30. The molecule has 1 aromatic carbocycles. The van der Waals surface area contributed by atoms with E-state index in [0.717, 1.165) is 6.07 Å². The van der Waals surface area contributed by atoms with Gasteiger partial charge < -0.3 is 5.11 Å². The summed E-state index contributed by atoms with van der Waals surface area (Å²) in [7, 11) is -3.89. The van der Waals surface area contributed by atoms with E-state index in [0.29, 0.717) is 0 Å². The van der Waals surface area contributed by atoms with E-state index in [-0.39, 0.29) is 22.9 Å². The lowest BCUT2D eigenvalue weighted by Crippen LogP contribution is -2.42. The number of aliphatic carboxylic acids is 1. The van der Waals surface area contributed by atoms with Gasteiger partial charge in [-0.1, -0.05) is 31.5 Å². The van der Waals surface area contributed by atoms with Crippen LogP contribution in [0.15, 0.2) is 18.2 Å². The molecule has 1 atom stereocenters. The van der Waals surface area contributed by atoms with E-state index >= 15 is 0 Å². The van der Waals surface area contributed by atoms with Crippen molar-refractivity contribution in [3.05, 3.63) is 34.6 Å². The fourth-order valence-corrected chi connectivity index (χ4v) is 3.23. The summed E-state index contributed by atoms with van der Waals surface area (Å²) in [4.78, 5) is 11.1. The fraction of sp³-hybridized carbons (Fsp3) is 0.462. The number of hydrogen-bond donors (Lipinski definition) is 2. The maximum absolute atomic E-state index is 13.3. The van der Waals surface area contributed by atoms with Crippen molar-refractivity contribution >= 4 is 27.6 Å². The van der Waals surface area contributed by atoms with Crippen LogP contribution in [0.1, 0.15) is 25.8 Å². The van der Waals surface area contributed by atoms with Crippen LogP contribution in [-0.4, -0.2) is 25.5 Å². The molecular formula is C13H17ClFNO4S. The highest BCUT2D eigenvalue weighted by atomic mass is 35.5. The van der Waals surface area contributed by atoms with E-state index < -0.39 is 33.6 Å². The maximum Gasteiger partial charge on any atom is 0.321 e. The van der Waals surface area contributed by atoms with Crippen molar-refractivity contribution in [2.75, 3.05) is 0 Å². The molecular weight excluding hydrogens is 321 g/mol. The van der Waals surface area contributed by atoms with Crippen LogP contribution >= 0.6 is 11.6 Å². The van der Waals surface area contributed by atoms with Gasteiger partial charge in [-0.2, -0.15) is 0 Å². The lowest BCUT2D eigenvalue weighted by Gasteiger charge is -2.16. The number of nitrogens with one attached hydrogen (secondary N) is 1. The van der Waals surface area contributed by atoms with Crippen LogP contribution in [0, 0.1) is 11.7 Å². The van der Waals surface area contributed by atoms with Gasteiger partial charge in [0.25, 0.3) is 0 Å². The third-order valence-corrected chi connectivity index (χ3v) is 4.33. The summed E-state index contributed by atoms with van der Waals surface area (Å²) in [6.07, 6.45) is 0.170. The van der Waals surface area contributed by atoms with E-state index in [4.69, 9.17) is 16.7 Å². The molecule has 0 heterocycles. The van der Waals surface area contributed by atoms with Crippen molar-refractivity contribution in [1.29, 1.82) is 0 Å². The highest BCUT2D eigenvalue weighted by Crippen LogP contribution is 2.17. The van der Waals surface area contributed by atoms with Gasteiger partial charge in [-0.05, 0) is 30.0 Å². The molecule has 0 radical (unpaired) electrons. The Morgan fingerprint density at radius 1 is 1.43 bits per heavy atom. The minimum atomic E-state index is -3.89. The largest absolute Gasteiger partial charge is 0.480 e. The molecule has 5 nitrogen and oxygen atoms in total. The maximum atomic E-state index is 13.3. The molecule has 0 aliphatic rings. The van der Waals surface area contributed by atoms with E-state index in [9.17, 15) is 17.6 Å². The van der Waals surface area contributed by atoms with Gasteiger partial charge in [0, 0.05) is 0 Å². The van der Waals surface area contributed by atoms with Gasteiger partial charge in [0.15, 0.2) is 0 Å². The van der Waals surface area contributed by atoms with Crippen LogP contribution in [0.5, 0.6) is 0 Å². The van der Waals surface area contributed by atoms with Gasteiger partial charge in [0.1, 0.15) is 11.9 Å². The minimum absolute atomic E-state index is 0.0155. The molecule has 118 valence electrons. The van der Waals surface area contributed by atoms with Crippen LogP contribution in [0.3, 0.4) is 0 Å². The Kier molecular flexibility index (Phi) is 6.12. The topological polar surface area (TPSA) is 83.5 Å². The molecule has 0 spiro atoms. The molecule has 0 saturated carbocycles. The molecule has 2 N–H and O–H groups in total. The Balaban J connectivity index is 2.84. The van der Waals surface area contributed by atoms with E-state index in [1.807, 2.05) is 0 Å². The molecule has 0 amide bonds. The molecule has 1 aromatic rings. The molecule has 0 saturated heterocycles. The minimum Gasteiger partial charge on any atom is -0.480 e. The quantitative estimate of drug-likeness (QED) is 0.800. The number of rotatable bonds is 7. The van der Waals surface area contributed by atoms with Gasteiger partial charge in [-0.25, -0.2) is 17.5 Å². The van der Waals surface area contributed by atoms with Crippen LogP contribution in [0.2, 0.25) is 5.02 Å². The van der Waals surface area contributed by atoms with Crippen LogP contribution in [-0.2, 0) is 20.6 Å². The highest BCUT2D eigenvalue weighted by molar-refractivity contribution is 7.88. The zero-order chi connectivity index (χ0) is 16.2. The Morgan fingerprint density at radius 3 is 2.52 bits per heavy atom. The normalized spacial score (nSPS) is 13.4. The second-order valence-electron chi connectivity index (χ2n) is 5.15. The van der Waals surface area contributed by atoms with Gasteiger partial charge in [0.2, 0.25) is 10.0 Å². The van der Waals surface area contributed by atoms with E-state index in [1.54, 1.807) is 13.8 Å². The average Bonchev–Trinajstić information content (AvgIpc) is 2.31. The van der Waals surface area contributed by atoms with E-state index in [1.165, 1.54) is 12.1 Å². The van der Waals surface area contributed by atoms with Crippen molar-refractivity contribution < 1.29 is 22.7 Å². The summed E-state index contributed by atoms with van der Waals surface area (Å²) < 4.78 is 39.3. The summed E-state index contributed by atoms with van der Waals surface area (Å²) in [5, 5.41) is 8.92. The van der Waals surface area contributed by atoms with Gasteiger partial charge in [-0.15, -0.1) is 0 Å². The zero-order valence-electron chi connectivity index (χ0n) is 11.6. The third-order valence-electron chi connectivity index (χ3n) is 2.67. The van der Waals surface area contributed by atoms with Crippen molar-refractivity contribution in [2.45, 2.75) is 32.1 Å². The second-order valence-corrected chi connectivity index (χ2v) is 7.31. The van der Waals surface area contributed by atoms with Gasteiger partial charge in [0.05, 0.1) is 10.8 Å². The van der Waals surface area contributed by atoms with Gasteiger partial charge in [-0.3, -0.25) is 4.79 Å². The molecule has 0 bridgehead atoms. The molecule has 0 fully saturated rings. The first-order chi connectivity index (χ1) is 9.60. The Morgan fingerprint density at radius 2 is 2.05 bits per heavy atom. The lowest BCUT2D eigenvalue weighted by atomic mass is 10.1. The molecule has 1 rings (SSSR count). The standard InChI is InChI=1S/C13H17ClFNO4S/c1-8(2)5-12(13(17)18)16-21(19,20)7-9-3-4-10(14)11(15)6-9/h3-4,6,8,12,16H,5,7H2,1-2H3,(H,17,18). The first kappa shape index (κ1) is 17.9. The van der Waals surface area contributed by atoms with Crippen molar-refractivity contribution in [1.82, 2.24) is 4.72 Å². The molecule has 8 heteroatoms. The average molecular weight is 338 g/mol. The summed E-state index contributed by atoms with van der Waals surface area (Å²) in [6.45, 7) is 3.58. The smallest absolute Gasteiger partial charge is 0.321 e. The monoisotopic (exact) mass is 337 g/mol. The Hall–Kier alpha value is -1.18. The molecule has 21 heavy (non-hydrogen) atoms. The number of hydrogen-bond acceptors (Lipinski definition) is 3. The van der Waals surface area contributed by atoms with Crippen molar-refractivity contribution in [3.63, 3.8) is 0 Å². The van der Waals surface area contributed by atoms with Gasteiger partial charge >= 0.3 is 5.97 Å². The van der Waals surface area contributed by atoms with E-state index in [2.05, 4.69) is 4.72 Å². The van der Waals surface area contributed by atoms with Crippen molar-refractivity contribution in [3.8, 4) is 0 Å². The first-order valence-electron chi connectivity index (χ1n) is 6.27. The molecule has 0 aliphatic heterocycles. The third kappa shape index (κ3) is 5.99. The summed E-state index contributed by atoms with van der Waals surface area (Å²) in [6, 6.07) is 2.44. The lowest BCUT2D eigenvalue weighted by molar-refractivity contribution is -0.139. The summed E-state index contributed by atoms with van der Waals surface area (Å²) in [5.74, 6) is -2.46. The number of carbonyl (C=O) groups is 1. The molecule has 1 unspecified atom stereocenters. The predicted molar refractivity (Wildman–Crippen MR) is 78.0 cm³/mol. The fourth-order valence-electron chi connectivity index (χ4n) is 1.78.